The average molecular weight is 539 g/mol. The van der Waals surface area contributed by atoms with E-state index in [2.05, 4.69) is 108 Å². The Morgan fingerprint density at radius 2 is 1.22 bits per heavy atom. The van der Waals surface area contributed by atoms with Crippen LogP contribution in [-0.4, -0.2) is 0 Å². The topological polar surface area (TPSA) is 9.23 Å². The van der Waals surface area contributed by atoms with Gasteiger partial charge >= 0.3 is 0 Å². The standard InChI is InChI=1S/C40H42O/c1-10-29(7)38-22-14-31(25-32(38)11-2)24-30-12-15-33(16-13-30)40(8,9)34-17-19-35(20-18-34)41-36-21-23-37(27(3)4)39(26-36)28(5)6/h11-23,25-26H,2-3,5,7,10,24H2,1,4,6,8-9H3. The molecule has 0 atom stereocenters. The molecule has 41 heavy (non-hydrogen) atoms. The molecule has 1 heteroatoms. The Bertz CT molecular complexity index is 1590. The first-order valence-electron chi connectivity index (χ1n) is 14.3. The molecule has 208 valence electrons. The number of hydrogen-bond acceptors (Lipinski definition) is 1. The maximum absolute atomic E-state index is 6.21. The molecule has 0 unspecified atom stereocenters. The van der Waals surface area contributed by atoms with Crippen molar-refractivity contribution in [1.29, 1.82) is 0 Å². The number of hydrogen-bond donors (Lipinski definition) is 0. The number of rotatable bonds is 11. The number of benzene rings is 4. The van der Waals surface area contributed by atoms with E-state index < -0.39 is 0 Å². The van der Waals surface area contributed by atoms with Gasteiger partial charge in [-0.15, -0.1) is 0 Å². The summed E-state index contributed by atoms with van der Waals surface area (Å²) in [4.78, 5) is 0. The van der Waals surface area contributed by atoms with Gasteiger partial charge in [-0.05, 0) is 101 Å². The van der Waals surface area contributed by atoms with Gasteiger partial charge in [-0.2, -0.15) is 0 Å². The summed E-state index contributed by atoms with van der Waals surface area (Å²) in [6.07, 6.45) is 3.75. The van der Waals surface area contributed by atoms with Gasteiger partial charge in [0.1, 0.15) is 11.5 Å². The predicted octanol–water partition coefficient (Wildman–Crippen LogP) is 11.5. The molecule has 0 amide bonds. The zero-order valence-corrected chi connectivity index (χ0v) is 25.3. The van der Waals surface area contributed by atoms with Crippen LogP contribution >= 0.6 is 0 Å². The second-order valence-corrected chi connectivity index (χ2v) is 11.5. The molecule has 0 N–H and O–H groups in total. The molecule has 4 aromatic rings. The van der Waals surface area contributed by atoms with Crippen molar-refractivity contribution in [3.8, 4) is 11.5 Å². The van der Waals surface area contributed by atoms with Crippen LogP contribution < -0.4 is 4.74 Å². The third-order valence-corrected chi connectivity index (χ3v) is 7.95. The smallest absolute Gasteiger partial charge is 0.128 e. The van der Waals surface area contributed by atoms with Gasteiger partial charge in [-0.25, -0.2) is 0 Å². The van der Waals surface area contributed by atoms with Gasteiger partial charge < -0.3 is 4.74 Å². The van der Waals surface area contributed by atoms with Crippen molar-refractivity contribution in [3.63, 3.8) is 0 Å². The van der Waals surface area contributed by atoms with E-state index in [4.69, 9.17) is 4.74 Å². The minimum atomic E-state index is -0.147. The Morgan fingerprint density at radius 1 is 0.683 bits per heavy atom. The van der Waals surface area contributed by atoms with Crippen LogP contribution in [0.15, 0.2) is 111 Å². The molecule has 0 heterocycles. The molecule has 0 aliphatic rings. The molecule has 1 nitrogen and oxygen atoms in total. The van der Waals surface area contributed by atoms with Crippen LogP contribution in [0.25, 0.3) is 22.8 Å². The van der Waals surface area contributed by atoms with E-state index in [1.807, 2.05) is 44.2 Å². The lowest BCUT2D eigenvalue weighted by molar-refractivity contribution is 0.481. The minimum absolute atomic E-state index is 0.147. The Labute approximate surface area is 247 Å². The summed E-state index contributed by atoms with van der Waals surface area (Å²) in [6, 6.07) is 30.1. The number of ether oxygens (including phenoxy) is 1. The van der Waals surface area contributed by atoms with E-state index in [1.165, 1.54) is 27.8 Å². The zero-order chi connectivity index (χ0) is 29.7. The molecule has 0 radical (unpaired) electrons. The molecule has 4 rings (SSSR count). The van der Waals surface area contributed by atoms with Gasteiger partial charge in [0.2, 0.25) is 0 Å². The third-order valence-electron chi connectivity index (χ3n) is 7.95. The van der Waals surface area contributed by atoms with Crippen LogP contribution in [0.3, 0.4) is 0 Å². The van der Waals surface area contributed by atoms with E-state index in [0.717, 1.165) is 57.8 Å². The normalized spacial score (nSPS) is 11.1. The molecule has 4 aromatic carbocycles. The summed E-state index contributed by atoms with van der Waals surface area (Å²) < 4.78 is 6.21. The minimum Gasteiger partial charge on any atom is -0.457 e. The SMILES string of the molecule is C=Cc1cc(Cc2ccc(C(C)(C)c3ccc(Oc4ccc(C(=C)C)c(C(=C)C)c4)cc3)cc2)ccc1C(=C)CC. The molecule has 0 spiro atoms. The fourth-order valence-corrected chi connectivity index (χ4v) is 5.23. The largest absolute Gasteiger partial charge is 0.457 e. The second kappa shape index (κ2) is 12.4. The number of allylic oxidation sites excluding steroid dienone is 3. The van der Waals surface area contributed by atoms with Gasteiger partial charge in [0.25, 0.3) is 0 Å². The fraction of sp³-hybridized carbons (Fsp3) is 0.200. The highest BCUT2D eigenvalue weighted by Crippen LogP contribution is 2.35. The van der Waals surface area contributed by atoms with Crippen LogP contribution in [0.2, 0.25) is 0 Å². The van der Waals surface area contributed by atoms with Crippen molar-refractivity contribution in [3.05, 3.63) is 156 Å². The highest BCUT2D eigenvalue weighted by Gasteiger charge is 2.23. The van der Waals surface area contributed by atoms with Gasteiger partial charge in [0, 0.05) is 5.41 Å². The maximum atomic E-state index is 6.21. The maximum Gasteiger partial charge on any atom is 0.128 e. The molecule has 0 fully saturated rings. The zero-order valence-electron chi connectivity index (χ0n) is 25.3. The molecule has 0 bridgehead atoms. The lowest BCUT2D eigenvalue weighted by atomic mass is 9.78. The Morgan fingerprint density at radius 3 is 1.78 bits per heavy atom. The summed E-state index contributed by atoms with van der Waals surface area (Å²) in [5, 5.41) is 0. The van der Waals surface area contributed by atoms with Gasteiger partial charge in [0.05, 0.1) is 0 Å². The van der Waals surface area contributed by atoms with E-state index in [0.29, 0.717) is 0 Å². The predicted molar refractivity (Wildman–Crippen MR) is 180 cm³/mol. The Hall–Kier alpha value is -4.36. The van der Waals surface area contributed by atoms with Crippen molar-refractivity contribution in [2.75, 3.05) is 0 Å². The third kappa shape index (κ3) is 6.69. The van der Waals surface area contributed by atoms with Crippen LogP contribution in [0.5, 0.6) is 11.5 Å². The second-order valence-electron chi connectivity index (χ2n) is 11.5. The average Bonchev–Trinajstić information content (AvgIpc) is 2.97. The summed E-state index contributed by atoms with van der Waals surface area (Å²) in [5.41, 5.74) is 12.6. The van der Waals surface area contributed by atoms with Gasteiger partial charge in [-0.1, -0.05) is 125 Å². The molecule has 0 aliphatic heterocycles. The molecule has 0 aromatic heterocycles. The molecular weight excluding hydrogens is 496 g/mol. The Kier molecular flexibility index (Phi) is 8.98. The highest BCUT2D eigenvalue weighted by molar-refractivity contribution is 5.77. The first kappa shape index (κ1) is 29.6. The fourth-order valence-electron chi connectivity index (χ4n) is 5.23. The molecular formula is C40H42O. The quantitative estimate of drug-likeness (QED) is 0.184. The van der Waals surface area contributed by atoms with Gasteiger partial charge in [0.15, 0.2) is 0 Å². The summed E-state index contributed by atoms with van der Waals surface area (Å²) in [6.45, 7) is 27.1. The van der Waals surface area contributed by atoms with Crippen molar-refractivity contribution >= 4 is 22.8 Å². The Balaban J connectivity index is 1.48. The molecule has 0 saturated heterocycles. The first-order chi connectivity index (χ1) is 19.5. The van der Waals surface area contributed by atoms with Crippen molar-refractivity contribution < 1.29 is 4.74 Å². The highest BCUT2D eigenvalue weighted by atomic mass is 16.5. The van der Waals surface area contributed by atoms with E-state index >= 15 is 0 Å². The monoisotopic (exact) mass is 538 g/mol. The van der Waals surface area contributed by atoms with E-state index in [1.54, 1.807) is 0 Å². The summed E-state index contributed by atoms with van der Waals surface area (Å²) in [7, 11) is 0. The summed E-state index contributed by atoms with van der Waals surface area (Å²) in [5.74, 6) is 1.60. The van der Waals surface area contributed by atoms with Crippen molar-refractivity contribution in [1.82, 2.24) is 0 Å². The lowest BCUT2D eigenvalue weighted by Gasteiger charge is -2.26. The van der Waals surface area contributed by atoms with Gasteiger partial charge in [-0.3, -0.25) is 0 Å². The molecule has 0 aliphatic carbocycles. The van der Waals surface area contributed by atoms with Crippen molar-refractivity contribution in [2.24, 2.45) is 0 Å². The van der Waals surface area contributed by atoms with Crippen molar-refractivity contribution in [2.45, 2.75) is 52.9 Å². The van der Waals surface area contributed by atoms with Crippen LogP contribution in [0.4, 0.5) is 0 Å². The molecule has 0 saturated carbocycles. The van der Waals surface area contributed by atoms with Crippen LogP contribution in [0, 0.1) is 0 Å². The lowest BCUT2D eigenvalue weighted by Crippen LogP contribution is -2.18. The van der Waals surface area contributed by atoms with E-state index in [9.17, 15) is 0 Å². The summed E-state index contributed by atoms with van der Waals surface area (Å²) >= 11 is 0. The van der Waals surface area contributed by atoms with Crippen LogP contribution in [-0.2, 0) is 11.8 Å². The van der Waals surface area contributed by atoms with Crippen LogP contribution in [0.1, 0.15) is 85.5 Å². The van der Waals surface area contributed by atoms with E-state index in [-0.39, 0.29) is 5.41 Å². The first-order valence-corrected chi connectivity index (χ1v) is 14.3.